The summed E-state index contributed by atoms with van der Waals surface area (Å²) in [6.07, 6.45) is 0. The van der Waals surface area contributed by atoms with Crippen molar-refractivity contribution in [2.45, 2.75) is 0 Å². The molecule has 0 aliphatic carbocycles. The third-order valence-electron chi connectivity index (χ3n) is 11.9. The van der Waals surface area contributed by atoms with Gasteiger partial charge in [0.25, 0.3) is 0 Å². The molecule has 0 radical (unpaired) electrons. The molecular weight excluding hydrogens is 802 g/mol. The Morgan fingerprint density at radius 3 is 0.938 bits per heavy atom. The molecule has 0 saturated carbocycles. The number of benzene rings is 9. The van der Waals surface area contributed by atoms with E-state index in [-0.39, 0.29) is 0 Å². The Morgan fingerprint density at radius 1 is 0.297 bits per heavy atom. The Kier molecular flexibility index (Phi) is 9.36. The summed E-state index contributed by atoms with van der Waals surface area (Å²) in [6, 6.07) is 80.3. The van der Waals surface area contributed by atoms with E-state index in [2.05, 4.69) is 203 Å². The molecule has 0 unspecified atom stereocenters. The molecule has 7 heteroatoms. The quantitative estimate of drug-likeness (QED) is 0.136. The van der Waals surface area contributed by atoms with E-state index in [0.29, 0.717) is 17.5 Å². The van der Waals surface area contributed by atoms with Crippen molar-refractivity contribution in [1.29, 1.82) is 0 Å². The Bertz CT molecular complexity index is 3300. The van der Waals surface area contributed by atoms with Gasteiger partial charge < -0.3 is 13.7 Å². The highest BCUT2D eigenvalue weighted by Gasteiger charge is 2.19. The van der Waals surface area contributed by atoms with Crippen LogP contribution in [0.1, 0.15) is 0 Å². The first-order chi connectivity index (χ1) is 31.7. The third-order valence-corrected chi connectivity index (χ3v) is 13.8. The Balaban J connectivity index is 0.937. The van der Waals surface area contributed by atoms with Crippen molar-refractivity contribution >= 4 is 62.4 Å². The van der Waals surface area contributed by atoms with Crippen LogP contribution in [0.25, 0.3) is 89.2 Å². The smallest absolute Gasteiger partial charge is 0.164 e. The van der Waals surface area contributed by atoms with E-state index in [0.717, 1.165) is 66.5 Å². The molecule has 3 heterocycles. The van der Waals surface area contributed by atoms with Crippen LogP contribution in [0, 0.1) is 0 Å². The topological polar surface area (TPSA) is 57.8 Å². The molecule has 6 nitrogen and oxygen atoms in total. The molecule has 0 aliphatic rings. The van der Waals surface area contributed by atoms with Gasteiger partial charge in [-0.3, -0.25) is 0 Å². The maximum absolute atomic E-state index is 6.76. The highest BCUT2D eigenvalue weighted by Crippen LogP contribution is 2.38. The van der Waals surface area contributed by atoms with Crippen molar-refractivity contribution < 1.29 is 4.52 Å². The van der Waals surface area contributed by atoms with Gasteiger partial charge in [0.1, 0.15) is 5.75 Å². The molecular formula is C57H38N5OP. The lowest BCUT2D eigenvalue weighted by Gasteiger charge is -2.19. The van der Waals surface area contributed by atoms with E-state index in [4.69, 9.17) is 19.5 Å². The summed E-state index contributed by atoms with van der Waals surface area (Å²) in [7, 11) is -1.08. The van der Waals surface area contributed by atoms with Crippen LogP contribution >= 0.6 is 8.15 Å². The zero-order valence-electron chi connectivity index (χ0n) is 34.5. The van der Waals surface area contributed by atoms with Crippen LogP contribution in [-0.4, -0.2) is 24.1 Å². The number of aromatic nitrogens is 5. The largest absolute Gasteiger partial charge is 0.464 e. The van der Waals surface area contributed by atoms with Gasteiger partial charge in [-0.25, -0.2) is 15.0 Å². The highest BCUT2D eigenvalue weighted by atomic mass is 31.1. The Labute approximate surface area is 371 Å². The van der Waals surface area contributed by atoms with Gasteiger partial charge in [-0.15, -0.1) is 0 Å². The van der Waals surface area contributed by atoms with Gasteiger partial charge in [-0.1, -0.05) is 133 Å². The summed E-state index contributed by atoms with van der Waals surface area (Å²) in [5.41, 5.74) is 9.45. The summed E-state index contributed by atoms with van der Waals surface area (Å²) in [6.45, 7) is 0. The molecule has 302 valence electrons. The third kappa shape index (κ3) is 6.69. The Hall–Kier alpha value is -8.18. The molecule has 0 atom stereocenters. The van der Waals surface area contributed by atoms with Crippen molar-refractivity contribution in [2.75, 3.05) is 0 Å². The van der Waals surface area contributed by atoms with Crippen molar-refractivity contribution in [3.8, 4) is 51.3 Å². The lowest BCUT2D eigenvalue weighted by molar-refractivity contribution is 0.630. The molecule has 0 bridgehead atoms. The summed E-state index contributed by atoms with van der Waals surface area (Å²) >= 11 is 0. The number of hydrogen-bond donors (Lipinski definition) is 0. The first-order valence-corrected chi connectivity index (χ1v) is 22.6. The van der Waals surface area contributed by atoms with E-state index in [9.17, 15) is 0 Å². The van der Waals surface area contributed by atoms with Gasteiger partial charge in [0.15, 0.2) is 25.6 Å². The standard InChI is InChI=1S/C57H38N5OP/c1-3-15-45(16-4-1)64(46-17-5-2-6-18-46)63-44-37-31-41(32-38-44)57-59-55(39-27-33-42(34-28-39)61-51-23-11-7-19-47(51)48-20-8-12-24-52(48)61)58-56(60-57)40-29-35-43(36-30-40)62-53-25-13-9-21-49(53)50-22-10-14-26-54(50)62/h1-38H. The second-order valence-electron chi connectivity index (χ2n) is 15.7. The van der Waals surface area contributed by atoms with E-state index in [1.807, 2.05) is 36.4 Å². The number of rotatable bonds is 9. The van der Waals surface area contributed by atoms with Gasteiger partial charge in [-0.2, -0.15) is 0 Å². The fourth-order valence-corrected chi connectivity index (χ4v) is 10.6. The molecule has 0 fully saturated rings. The zero-order valence-corrected chi connectivity index (χ0v) is 35.4. The average molecular weight is 840 g/mol. The molecule has 0 N–H and O–H groups in total. The summed E-state index contributed by atoms with van der Waals surface area (Å²) in [5, 5.41) is 7.20. The fraction of sp³-hybridized carbons (Fsp3) is 0. The highest BCUT2D eigenvalue weighted by molar-refractivity contribution is 7.68. The molecule has 0 aliphatic heterocycles. The van der Waals surface area contributed by atoms with Crippen LogP contribution in [0.15, 0.2) is 231 Å². The summed E-state index contributed by atoms with van der Waals surface area (Å²) < 4.78 is 11.4. The number of nitrogens with zero attached hydrogens (tertiary/aromatic N) is 5. The fourth-order valence-electron chi connectivity index (χ4n) is 8.84. The number of fused-ring (bicyclic) bond motifs is 6. The van der Waals surface area contributed by atoms with E-state index in [1.54, 1.807) is 0 Å². The first kappa shape index (κ1) is 37.6. The number of para-hydroxylation sites is 4. The second kappa shape index (κ2) is 15.9. The maximum atomic E-state index is 6.76. The molecule has 9 aromatic carbocycles. The lowest BCUT2D eigenvalue weighted by atomic mass is 10.1. The lowest BCUT2D eigenvalue weighted by Crippen LogP contribution is -2.15. The normalized spacial score (nSPS) is 11.6. The van der Waals surface area contributed by atoms with Crippen LogP contribution in [0.2, 0.25) is 0 Å². The molecule has 64 heavy (non-hydrogen) atoms. The SMILES string of the molecule is c1ccc(P(Oc2ccc(-c3nc(-c4ccc(-n5c6ccccc6c6ccccc65)cc4)nc(-c4ccc(-n5c6ccccc6c6ccccc65)cc4)n3)cc2)c2ccccc2)cc1. The molecule has 3 aromatic heterocycles. The van der Waals surface area contributed by atoms with Gasteiger partial charge >= 0.3 is 0 Å². The van der Waals surface area contributed by atoms with E-state index < -0.39 is 8.15 Å². The number of hydrogen-bond acceptors (Lipinski definition) is 4. The summed E-state index contributed by atoms with van der Waals surface area (Å²) in [4.78, 5) is 15.4. The predicted octanol–water partition coefficient (Wildman–Crippen LogP) is 13.5. The van der Waals surface area contributed by atoms with Crippen molar-refractivity contribution in [3.05, 3.63) is 231 Å². The van der Waals surface area contributed by atoms with Gasteiger partial charge in [0.2, 0.25) is 0 Å². The van der Waals surface area contributed by atoms with Gasteiger partial charge in [0, 0.05) is 60.2 Å². The monoisotopic (exact) mass is 839 g/mol. The minimum atomic E-state index is -1.08. The summed E-state index contributed by atoms with van der Waals surface area (Å²) in [5.74, 6) is 2.55. The average Bonchev–Trinajstić information content (AvgIpc) is 3.89. The Morgan fingerprint density at radius 2 is 0.594 bits per heavy atom. The maximum Gasteiger partial charge on any atom is 0.164 e. The van der Waals surface area contributed by atoms with Crippen LogP contribution in [0.3, 0.4) is 0 Å². The van der Waals surface area contributed by atoms with Crippen molar-refractivity contribution in [1.82, 2.24) is 24.1 Å². The second-order valence-corrected chi connectivity index (χ2v) is 17.5. The van der Waals surface area contributed by atoms with E-state index >= 15 is 0 Å². The first-order valence-electron chi connectivity index (χ1n) is 21.4. The molecule has 0 spiro atoms. The van der Waals surface area contributed by atoms with Crippen LogP contribution in [0.5, 0.6) is 5.75 Å². The van der Waals surface area contributed by atoms with Gasteiger partial charge in [-0.05, 0) is 97.1 Å². The van der Waals surface area contributed by atoms with Crippen LogP contribution in [0.4, 0.5) is 0 Å². The molecule has 0 saturated heterocycles. The minimum Gasteiger partial charge on any atom is -0.464 e. The zero-order chi connectivity index (χ0) is 42.4. The van der Waals surface area contributed by atoms with Crippen molar-refractivity contribution in [2.24, 2.45) is 0 Å². The van der Waals surface area contributed by atoms with E-state index in [1.165, 1.54) is 21.5 Å². The van der Waals surface area contributed by atoms with Crippen LogP contribution < -0.4 is 15.1 Å². The molecule has 12 aromatic rings. The van der Waals surface area contributed by atoms with Crippen molar-refractivity contribution in [3.63, 3.8) is 0 Å². The minimum absolute atomic E-state index is 0.581. The van der Waals surface area contributed by atoms with Gasteiger partial charge in [0.05, 0.1) is 22.1 Å². The predicted molar refractivity (Wildman–Crippen MR) is 265 cm³/mol. The molecule has 12 rings (SSSR count). The molecule has 0 amide bonds. The van der Waals surface area contributed by atoms with Crippen LogP contribution in [-0.2, 0) is 0 Å².